The number of rotatable bonds is 10. The Kier molecular flexibility index (Phi) is 7.65. The van der Waals surface area contributed by atoms with E-state index in [1.807, 2.05) is 48.6 Å². The van der Waals surface area contributed by atoms with Crippen molar-refractivity contribution in [1.82, 2.24) is 0 Å². The van der Waals surface area contributed by atoms with Crippen LogP contribution in [0.5, 0.6) is 11.5 Å². The summed E-state index contributed by atoms with van der Waals surface area (Å²) < 4.78 is 11.4. The third-order valence-corrected chi connectivity index (χ3v) is 5.16. The first kappa shape index (κ1) is 22.7. The Balaban J connectivity index is 1.20. The molecule has 0 atom stereocenters. The lowest BCUT2D eigenvalue weighted by molar-refractivity contribution is 0.103. The van der Waals surface area contributed by atoms with Gasteiger partial charge in [-0.25, -0.2) is 0 Å². The van der Waals surface area contributed by atoms with Gasteiger partial charge in [0.05, 0.1) is 0 Å². The van der Waals surface area contributed by atoms with Crippen LogP contribution in [0, 0.1) is 0 Å². The molecule has 0 aliphatic heterocycles. The summed E-state index contributed by atoms with van der Waals surface area (Å²) in [6.45, 7) is 0.777. The van der Waals surface area contributed by atoms with Crippen molar-refractivity contribution < 1.29 is 19.1 Å². The lowest BCUT2D eigenvalue weighted by Crippen LogP contribution is -2.02. The second-order valence-electron chi connectivity index (χ2n) is 7.53. The Bertz CT molecular complexity index is 1140. The van der Waals surface area contributed by atoms with E-state index in [0.717, 1.165) is 0 Å². The Morgan fingerprint density at radius 1 is 0.471 bits per heavy atom. The first-order chi connectivity index (χ1) is 16.7. The van der Waals surface area contributed by atoms with E-state index in [0.29, 0.717) is 47.0 Å². The van der Waals surface area contributed by atoms with Gasteiger partial charge in [-0.15, -0.1) is 0 Å². The number of carbonyl (C=O) groups excluding carboxylic acids is 2. The van der Waals surface area contributed by atoms with E-state index in [4.69, 9.17) is 9.47 Å². The highest BCUT2D eigenvalue weighted by molar-refractivity contribution is 6.09. The molecule has 34 heavy (non-hydrogen) atoms. The van der Waals surface area contributed by atoms with Crippen LogP contribution in [0.2, 0.25) is 0 Å². The van der Waals surface area contributed by atoms with Gasteiger partial charge in [-0.3, -0.25) is 9.59 Å². The van der Waals surface area contributed by atoms with Crippen LogP contribution >= 0.6 is 0 Å². The van der Waals surface area contributed by atoms with Crippen molar-refractivity contribution in [3.8, 4) is 11.5 Å². The molecule has 0 saturated heterocycles. The van der Waals surface area contributed by atoms with Crippen LogP contribution in [-0.2, 0) is 0 Å². The number of hydrogen-bond donors (Lipinski definition) is 0. The molecule has 0 spiro atoms. The standard InChI is InChI=1S/C30H24O4/c31-29(23-9-3-1-4-10-23)25-13-17-27(18-14-25)33-21-7-8-22-34-28-19-15-26(16-20-28)30(32)24-11-5-2-6-12-24/h1-20H,21-22H2/b8-7+. The van der Waals surface area contributed by atoms with Crippen LogP contribution in [0.15, 0.2) is 121 Å². The van der Waals surface area contributed by atoms with Crippen LogP contribution in [0.1, 0.15) is 31.8 Å². The molecule has 4 aromatic rings. The molecule has 4 aromatic carbocycles. The maximum atomic E-state index is 12.4. The third kappa shape index (κ3) is 6.08. The van der Waals surface area contributed by atoms with E-state index in [2.05, 4.69) is 0 Å². The van der Waals surface area contributed by atoms with E-state index >= 15 is 0 Å². The summed E-state index contributed by atoms with van der Waals surface area (Å²) in [5.41, 5.74) is 2.58. The van der Waals surface area contributed by atoms with Crippen molar-refractivity contribution in [3.63, 3.8) is 0 Å². The van der Waals surface area contributed by atoms with Crippen LogP contribution in [0.4, 0.5) is 0 Å². The number of carbonyl (C=O) groups is 2. The minimum atomic E-state index is -0.0124. The van der Waals surface area contributed by atoms with E-state index in [-0.39, 0.29) is 11.6 Å². The summed E-state index contributed by atoms with van der Waals surface area (Å²) in [4.78, 5) is 24.9. The summed E-state index contributed by atoms with van der Waals surface area (Å²) in [5.74, 6) is 1.35. The summed E-state index contributed by atoms with van der Waals surface area (Å²) >= 11 is 0. The highest BCUT2D eigenvalue weighted by atomic mass is 16.5. The Hall–Kier alpha value is -4.44. The van der Waals surface area contributed by atoms with Gasteiger partial charge < -0.3 is 9.47 Å². The van der Waals surface area contributed by atoms with Crippen molar-refractivity contribution in [3.05, 3.63) is 144 Å². The monoisotopic (exact) mass is 448 g/mol. The number of benzene rings is 4. The van der Waals surface area contributed by atoms with Crippen LogP contribution < -0.4 is 9.47 Å². The molecule has 0 aliphatic rings. The molecule has 0 radical (unpaired) electrons. The lowest BCUT2D eigenvalue weighted by Gasteiger charge is -2.06. The fraction of sp³-hybridized carbons (Fsp3) is 0.0667. The largest absolute Gasteiger partial charge is 0.490 e. The van der Waals surface area contributed by atoms with E-state index in [1.165, 1.54) is 0 Å². The SMILES string of the molecule is O=C(c1ccccc1)c1ccc(OC/C=C/COc2ccc(C(=O)c3ccccc3)cc2)cc1. The fourth-order valence-corrected chi connectivity index (χ4v) is 3.34. The maximum absolute atomic E-state index is 12.4. The minimum absolute atomic E-state index is 0.0124. The number of ether oxygens (including phenoxy) is 2. The Labute approximate surface area is 199 Å². The summed E-state index contributed by atoms with van der Waals surface area (Å²) in [6, 6.07) is 32.6. The van der Waals surface area contributed by atoms with Gasteiger partial charge in [-0.1, -0.05) is 60.7 Å². The van der Waals surface area contributed by atoms with Crippen molar-refractivity contribution in [2.75, 3.05) is 13.2 Å². The van der Waals surface area contributed by atoms with Gasteiger partial charge in [0.25, 0.3) is 0 Å². The second-order valence-corrected chi connectivity index (χ2v) is 7.53. The first-order valence-corrected chi connectivity index (χ1v) is 11.0. The second kappa shape index (κ2) is 11.4. The molecule has 0 bridgehead atoms. The van der Waals surface area contributed by atoms with E-state index < -0.39 is 0 Å². The molecule has 0 aromatic heterocycles. The number of ketones is 2. The predicted molar refractivity (Wildman–Crippen MR) is 133 cm³/mol. The Morgan fingerprint density at radius 2 is 0.794 bits per heavy atom. The zero-order chi connectivity index (χ0) is 23.6. The quantitative estimate of drug-likeness (QED) is 0.215. The fourth-order valence-electron chi connectivity index (χ4n) is 3.34. The van der Waals surface area contributed by atoms with Crippen molar-refractivity contribution in [2.24, 2.45) is 0 Å². The van der Waals surface area contributed by atoms with Crippen molar-refractivity contribution in [2.45, 2.75) is 0 Å². The van der Waals surface area contributed by atoms with Gasteiger partial charge in [0.15, 0.2) is 11.6 Å². The molecule has 4 heteroatoms. The molecular formula is C30H24O4. The summed E-state index contributed by atoms with van der Waals surface area (Å²) in [6.07, 6.45) is 3.74. The van der Waals surface area contributed by atoms with E-state index in [1.54, 1.807) is 72.8 Å². The molecule has 0 unspecified atom stereocenters. The minimum Gasteiger partial charge on any atom is -0.490 e. The molecule has 168 valence electrons. The van der Waals surface area contributed by atoms with Crippen LogP contribution in [0.3, 0.4) is 0 Å². The van der Waals surface area contributed by atoms with Gasteiger partial charge in [-0.2, -0.15) is 0 Å². The van der Waals surface area contributed by atoms with Gasteiger partial charge in [0, 0.05) is 22.3 Å². The molecule has 0 N–H and O–H groups in total. The van der Waals surface area contributed by atoms with Gasteiger partial charge in [0.1, 0.15) is 24.7 Å². The smallest absolute Gasteiger partial charge is 0.193 e. The molecule has 4 nitrogen and oxygen atoms in total. The lowest BCUT2D eigenvalue weighted by atomic mass is 10.0. The zero-order valence-electron chi connectivity index (χ0n) is 18.6. The molecule has 0 saturated carbocycles. The third-order valence-electron chi connectivity index (χ3n) is 5.16. The van der Waals surface area contributed by atoms with Crippen molar-refractivity contribution >= 4 is 11.6 Å². The summed E-state index contributed by atoms with van der Waals surface area (Å²) in [7, 11) is 0. The average molecular weight is 449 g/mol. The topological polar surface area (TPSA) is 52.6 Å². The molecule has 0 aliphatic carbocycles. The van der Waals surface area contributed by atoms with Crippen LogP contribution in [-0.4, -0.2) is 24.8 Å². The van der Waals surface area contributed by atoms with E-state index in [9.17, 15) is 9.59 Å². The molecule has 0 heterocycles. The average Bonchev–Trinajstić information content (AvgIpc) is 2.91. The molecule has 0 amide bonds. The van der Waals surface area contributed by atoms with Crippen LogP contribution in [0.25, 0.3) is 0 Å². The number of hydrogen-bond acceptors (Lipinski definition) is 4. The first-order valence-electron chi connectivity index (χ1n) is 11.0. The molecule has 0 fully saturated rings. The van der Waals surface area contributed by atoms with Gasteiger partial charge in [0.2, 0.25) is 0 Å². The predicted octanol–water partition coefficient (Wildman–Crippen LogP) is 6.16. The molecular weight excluding hydrogens is 424 g/mol. The Morgan fingerprint density at radius 3 is 1.15 bits per heavy atom. The zero-order valence-corrected chi connectivity index (χ0v) is 18.6. The summed E-state index contributed by atoms with van der Waals surface area (Å²) in [5, 5.41) is 0. The maximum Gasteiger partial charge on any atom is 0.193 e. The van der Waals surface area contributed by atoms with Gasteiger partial charge in [-0.05, 0) is 60.7 Å². The van der Waals surface area contributed by atoms with Crippen molar-refractivity contribution in [1.29, 1.82) is 0 Å². The molecule has 4 rings (SSSR count). The highest BCUT2D eigenvalue weighted by Gasteiger charge is 2.09. The highest BCUT2D eigenvalue weighted by Crippen LogP contribution is 2.17. The normalized spacial score (nSPS) is 10.7. The van der Waals surface area contributed by atoms with Gasteiger partial charge >= 0.3 is 0 Å².